The SMILES string of the molecule is COc1cc(C(=O)Nc2ccc(S(=O)(=O)Nc3ccccc3)cc2)cc(OC)c1C. The van der Waals surface area contributed by atoms with Gasteiger partial charge in [-0.1, -0.05) is 18.2 Å². The van der Waals surface area contributed by atoms with Crippen LogP contribution in [-0.2, 0) is 10.0 Å². The molecule has 2 N–H and O–H groups in total. The van der Waals surface area contributed by atoms with Crippen molar-refractivity contribution in [2.75, 3.05) is 24.3 Å². The zero-order chi connectivity index (χ0) is 21.7. The van der Waals surface area contributed by atoms with Gasteiger partial charge in [-0.2, -0.15) is 0 Å². The fourth-order valence-corrected chi connectivity index (χ4v) is 3.92. The van der Waals surface area contributed by atoms with Crippen molar-refractivity contribution in [2.24, 2.45) is 0 Å². The van der Waals surface area contributed by atoms with Gasteiger partial charge >= 0.3 is 0 Å². The quantitative estimate of drug-likeness (QED) is 0.594. The molecule has 3 rings (SSSR count). The topological polar surface area (TPSA) is 93.7 Å². The predicted molar refractivity (Wildman–Crippen MR) is 116 cm³/mol. The summed E-state index contributed by atoms with van der Waals surface area (Å²) in [5, 5.41) is 2.74. The molecule has 3 aromatic rings. The van der Waals surface area contributed by atoms with E-state index in [0.29, 0.717) is 28.4 Å². The summed E-state index contributed by atoms with van der Waals surface area (Å²) in [6, 6.07) is 17.8. The molecule has 0 radical (unpaired) electrons. The first kappa shape index (κ1) is 21.2. The Morgan fingerprint density at radius 1 is 0.833 bits per heavy atom. The molecule has 0 aliphatic carbocycles. The van der Waals surface area contributed by atoms with Crippen molar-refractivity contribution in [3.8, 4) is 11.5 Å². The zero-order valence-corrected chi connectivity index (χ0v) is 17.6. The minimum atomic E-state index is -3.73. The number of methoxy groups -OCH3 is 2. The zero-order valence-electron chi connectivity index (χ0n) is 16.8. The molecule has 0 spiro atoms. The molecule has 0 saturated carbocycles. The van der Waals surface area contributed by atoms with E-state index in [1.54, 1.807) is 42.5 Å². The van der Waals surface area contributed by atoms with Crippen molar-refractivity contribution in [3.05, 3.63) is 77.9 Å². The van der Waals surface area contributed by atoms with E-state index in [4.69, 9.17) is 9.47 Å². The Kier molecular flexibility index (Phi) is 6.27. The molecule has 0 aromatic heterocycles. The van der Waals surface area contributed by atoms with E-state index in [0.717, 1.165) is 5.56 Å². The Hall–Kier alpha value is -3.52. The first-order chi connectivity index (χ1) is 14.3. The van der Waals surface area contributed by atoms with Crippen LogP contribution < -0.4 is 19.5 Å². The highest BCUT2D eigenvalue weighted by atomic mass is 32.2. The number of benzene rings is 3. The van der Waals surface area contributed by atoms with E-state index in [1.165, 1.54) is 38.5 Å². The average molecular weight is 426 g/mol. The Bertz CT molecular complexity index is 1120. The molecule has 8 heteroatoms. The maximum Gasteiger partial charge on any atom is 0.261 e. The molecule has 0 aliphatic rings. The van der Waals surface area contributed by atoms with Crippen LogP contribution in [0.25, 0.3) is 0 Å². The largest absolute Gasteiger partial charge is 0.496 e. The minimum absolute atomic E-state index is 0.0861. The van der Waals surface area contributed by atoms with Gasteiger partial charge in [0.2, 0.25) is 0 Å². The maximum atomic E-state index is 12.6. The number of rotatable bonds is 7. The van der Waals surface area contributed by atoms with E-state index in [2.05, 4.69) is 10.0 Å². The molecule has 0 saturated heterocycles. The van der Waals surface area contributed by atoms with Crippen LogP contribution >= 0.6 is 0 Å². The van der Waals surface area contributed by atoms with Crippen LogP contribution in [0, 0.1) is 6.92 Å². The number of hydrogen-bond acceptors (Lipinski definition) is 5. The summed E-state index contributed by atoms with van der Waals surface area (Å²) in [7, 11) is -0.689. The number of nitrogens with one attached hydrogen (secondary N) is 2. The first-order valence-electron chi connectivity index (χ1n) is 9.06. The smallest absolute Gasteiger partial charge is 0.261 e. The predicted octanol–water partition coefficient (Wildman–Crippen LogP) is 4.07. The van der Waals surface area contributed by atoms with Crippen LogP contribution in [0.5, 0.6) is 11.5 Å². The number of sulfonamides is 1. The summed E-state index contributed by atoms with van der Waals surface area (Å²) in [5.74, 6) is 0.700. The van der Waals surface area contributed by atoms with Crippen molar-refractivity contribution < 1.29 is 22.7 Å². The monoisotopic (exact) mass is 426 g/mol. The minimum Gasteiger partial charge on any atom is -0.496 e. The third-order valence-corrected chi connectivity index (χ3v) is 5.86. The third kappa shape index (κ3) is 4.72. The van der Waals surface area contributed by atoms with Crippen molar-refractivity contribution in [3.63, 3.8) is 0 Å². The molecular weight excluding hydrogens is 404 g/mol. The van der Waals surface area contributed by atoms with E-state index >= 15 is 0 Å². The van der Waals surface area contributed by atoms with Gasteiger partial charge in [0.25, 0.3) is 15.9 Å². The van der Waals surface area contributed by atoms with Gasteiger partial charge in [-0.25, -0.2) is 8.42 Å². The van der Waals surface area contributed by atoms with Gasteiger partial charge in [0.15, 0.2) is 0 Å². The number of amides is 1. The molecule has 0 fully saturated rings. The van der Waals surface area contributed by atoms with Crippen LogP contribution in [0.3, 0.4) is 0 Å². The second-order valence-electron chi connectivity index (χ2n) is 6.46. The summed E-state index contributed by atoms with van der Waals surface area (Å²) in [6.07, 6.45) is 0. The second-order valence-corrected chi connectivity index (χ2v) is 8.14. The number of anilines is 2. The Labute approximate surface area is 175 Å². The highest BCUT2D eigenvalue weighted by molar-refractivity contribution is 7.92. The Balaban J connectivity index is 1.76. The van der Waals surface area contributed by atoms with Crippen LogP contribution in [0.1, 0.15) is 15.9 Å². The molecule has 0 atom stereocenters. The highest BCUT2D eigenvalue weighted by Gasteiger charge is 2.16. The lowest BCUT2D eigenvalue weighted by molar-refractivity contribution is 0.102. The normalized spacial score (nSPS) is 10.9. The van der Waals surface area contributed by atoms with Gasteiger partial charge < -0.3 is 14.8 Å². The first-order valence-corrected chi connectivity index (χ1v) is 10.5. The van der Waals surface area contributed by atoms with Crippen LogP contribution in [-0.4, -0.2) is 28.5 Å². The standard InChI is InChI=1S/C22H22N2O5S/c1-15-20(28-2)13-16(14-21(15)29-3)22(25)23-17-9-11-19(12-10-17)30(26,27)24-18-7-5-4-6-8-18/h4-14,24H,1-3H3,(H,23,25). The fraction of sp³-hybridized carbons (Fsp3) is 0.136. The number of carbonyl (C=O) groups excluding carboxylic acids is 1. The van der Waals surface area contributed by atoms with Gasteiger partial charge in [0, 0.05) is 22.5 Å². The van der Waals surface area contributed by atoms with Gasteiger partial charge in [-0.15, -0.1) is 0 Å². The van der Waals surface area contributed by atoms with E-state index < -0.39 is 10.0 Å². The summed E-state index contributed by atoms with van der Waals surface area (Å²) < 4.78 is 38.1. The lowest BCUT2D eigenvalue weighted by atomic mass is 10.1. The molecule has 0 bridgehead atoms. The summed E-state index contributed by atoms with van der Waals surface area (Å²) in [6.45, 7) is 1.84. The lowest BCUT2D eigenvalue weighted by Crippen LogP contribution is -2.14. The molecule has 1 amide bonds. The Morgan fingerprint density at radius 2 is 1.40 bits per heavy atom. The Morgan fingerprint density at radius 3 is 1.93 bits per heavy atom. The van der Waals surface area contributed by atoms with Crippen molar-refractivity contribution in [1.82, 2.24) is 0 Å². The van der Waals surface area contributed by atoms with Gasteiger partial charge in [0.05, 0.1) is 19.1 Å². The van der Waals surface area contributed by atoms with Crippen LogP contribution in [0.2, 0.25) is 0 Å². The summed E-state index contributed by atoms with van der Waals surface area (Å²) in [4.78, 5) is 12.7. The number of carbonyl (C=O) groups is 1. The van der Waals surface area contributed by atoms with Crippen LogP contribution in [0.4, 0.5) is 11.4 Å². The van der Waals surface area contributed by atoms with Crippen molar-refractivity contribution >= 4 is 27.3 Å². The maximum absolute atomic E-state index is 12.6. The molecule has 30 heavy (non-hydrogen) atoms. The second kappa shape index (κ2) is 8.87. The van der Waals surface area contributed by atoms with E-state index in [1.807, 2.05) is 6.92 Å². The van der Waals surface area contributed by atoms with Gasteiger partial charge in [-0.3, -0.25) is 9.52 Å². The van der Waals surface area contributed by atoms with E-state index in [9.17, 15) is 13.2 Å². The summed E-state index contributed by atoms with van der Waals surface area (Å²) in [5.41, 5.74) is 2.07. The average Bonchev–Trinajstić information content (AvgIpc) is 2.74. The molecular formula is C22H22N2O5S. The highest BCUT2D eigenvalue weighted by Crippen LogP contribution is 2.30. The number of ether oxygens (including phenoxy) is 2. The molecule has 7 nitrogen and oxygen atoms in total. The molecule has 3 aromatic carbocycles. The molecule has 156 valence electrons. The van der Waals surface area contributed by atoms with Gasteiger partial charge in [-0.05, 0) is 55.5 Å². The summed E-state index contributed by atoms with van der Waals surface area (Å²) >= 11 is 0. The van der Waals surface area contributed by atoms with Gasteiger partial charge in [0.1, 0.15) is 11.5 Å². The molecule has 0 heterocycles. The van der Waals surface area contributed by atoms with Crippen LogP contribution in [0.15, 0.2) is 71.6 Å². The molecule has 0 aliphatic heterocycles. The van der Waals surface area contributed by atoms with E-state index in [-0.39, 0.29) is 10.8 Å². The lowest BCUT2D eigenvalue weighted by Gasteiger charge is -2.13. The number of hydrogen-bond donors (Lipinski definition) is 2. The number of para-hydroxylation sites is 1. The molecule has 0 unspecified atom stereocenters. The fourth-order valence-electron chi connectivity index (χ4n) is 2.86. The van der Waals surface area contributed by atoms with Crippen molar-refractivity contribution in [1.29, 1.82) is 0 Å². The van der Waals surface area contributed by atoms with Crippen molar-refractivity contribution in [2.45, 2.75) is 11.8 Å². The third-order valence-electron chi connectivity index (χ3n) is 4.46.